The Bertz CT molecular complexity index is 87.0. The zero-order valence-corrected chi connectivity index (χ0v) is 6.07. The predicted molar refractivity (Wildman–Crippen MR) is 35.7 cm³/mol. The first-order valence-electron chi connectivity index (χ1n) is 2.77. The molecule has 3 nitrogen and oxygen atoms in total. The van der Waals surface area contributed by atoms with Crippen molar-refractivity contribution in [3.05, 3.63) is 0 Å². The summed E-state index contributed by atoms with van der Waals surface area (Å²) in [6.45, 7) is 2.68. The number of carbonyl (C=O) groups is 1. The fourth-order valence-electron chi connectivity index (χ4n) is 0.327. The van der Waals surface area contributed by atoms with E-state index in [4.69, 9.17) is 11.6 Å². The van der Waals surface area contributed by atoms with Gasteiger partial charge < -0.3 is 10.1 Å². The molecule has 4 heteroatoms. The summed E-state index contributed by atoms with van der Waals surface area (Å²) in [5.74, 6) is 0.344. The molecule has 0 aliphatic heterocycles. The van der Waals surface area contributed by atoms with E-state index in [1.54, 1.807) is 0 Å². The highest BCUT2D eigenvalue weighted by Crippen LogP contribution is 1.79. The van der Waals surface area contributed by atoms with Crippen LogP contribution in [0.5, 0.6) is 0 Å². The molecule has 0 rings (SSSR count). The number of hydrogen-bond donors (Lipinski definition) is 1. The van der Waals surface area contributed by atoms with Gasteiger partial charge in [-0.3, -0.25) is 0 Å². The van der Waals surface area contributed by atoms with E-state index in [1.807, 2.05) is 6.92 Å². The Balaban J connectivity index is 3.06. The lowest BCUT2D eigenvalue weighted by Gasteiger charge is -2.00. The molecule has 0 aliphatic carbocycles. The number of amides is 1. The summed E-state index contributed by atoms with van der Waals surface area (Å²) < 4.78 is 4.55. The third-order valence-electron chi connectivity index (χ3n) is 0.631. The van der Waals surface area contributed by atoms with Gasteiger partial charge in [-0.25, -0.2) is 4.79 Å². The number of rotatable bonds is 3. The Morgan fingerprint density at radius 3 is 2.89 bits per heavy atom. The molecule has 0 atom stereocenters. The first kappa shape index (κ1) is 8.56. The van der Waals surface area contributed by atoms with Gasteiger partial charge in [-0.2, -0.15) is 0 Å². The summed E-state index contributed by atoms with van der Waals surface area (Å²) in [5, 5.41) is 2.46. The molecule has 0 spiro atoms. The highest BCUT2D eigenvalue weighted by Gasteiger charge is 1.95. The van der Waals surface area contributed by atoms with Crippen molar-refractivity contribution < 1.29 is 9.53 Å². The SMILES string of the molecule is CCNC(=O)OCCCl. The van der Waals surface area contributed by atoms with Crippen molar-refractivity contribution in [2.75, 3.05) is 19.0 Å². The van der Waals surface area contributed by atoms with Crippen LogP contribution < -0.4 is 5.32 Å². The molecule has 0 heterocycles. The van der Waals surface area contributed by atoms with E-state index in [9.17, 15) is 4.79 Å². The number of hydrogen-bond acceptors (Lipinski definition) is 2. The first-order valence-corrected chi connectivity index (χ1v) is 3.31. The van der Waals surface area contributed by atoms with E-state index in [1.165, 1.54) is 0 Å². The number of nitrogens with one attached hydrogen (secondary N) is 1. The largest absolute Gasteiger partial charge is 0.448 e. The zero-order valence-electron chi connectivity index (χ0n) is 5.32. The summed E-state index contributed by atoms with van der Waals surface area (Å²) in [6.07, 6.45) is -0.404. The number of halogens is 1. The summed E-state index contributed by atoms with van der Waals surface area (Å²) in [7, 11) is 0. The molecule has 0 aromatic rings. The molecule has 1 N–H and O–H groups in total. The van der Waals surface area contributed by atoms with Crippen LogP contribution in [0.15, 0.2) is 0 Å². The Morgan fingerprint density at radius 1 is 1.78 bits per heavy atom. The molecule has 54 valence electrons. The summed E-state index contributed by atoms with van der Waals surface area (Å²) in [4.78, 5) is 10.4. The summed E-state index contributed by atoms with van der Waals surface area (Å²) >= 11 is 5.24. The average molecular weight is 152 g/mol. The Labute approximate surface area is 59.3 Å². The van der Waals surface area contributed by atoms with Gasteiger partial charge in [0.1, 0.15) is 6.61 Å². The Morgan fingerprint density at radius 2 is 2.44 bits per heavy atom. The minimum absolute atomic E-state index is 0.271. The van der Waals surface area contributed by atoms with Crippen molar-refractivity contribution in [1.29, 1.82) is 0 Å². The van der Waals surface area contributed by atoms with Crippen molar-refractivity contribution in [2.45, 2.75) is 6.92 Å². The Hall–Kier alpha value is -0.440. The Kier molecular flexibility index (Phi) is 5.41. The molecule has 9 heavy (non-hydrogen) atoms. The first-order chi connectivity index (χ1) is 4.31. The van der Waals surface area contributed by atoms with Gasteiger partial charge in [-0.1, -0.05) is 0 Å². The molecule has 0 aliphatic rings. The van der Waals surface area contributed by atoms with Crippen LogP contribution in [0, 0.1) is 0 Å². The molecule has 0 saturated heterocycles. The van der Waals surface area contributed by atoms with Gasteiger partial charge in [0, 0.05) is 6.54 Å². The molecule has 0 unspecified atom stereocenters. The number of alkyl carbamates (subject to hydrolysis) is 1. The van der Waals surface area contributed by atoms with Gasteiger partial charge in [0.2, 0.25) is 0 Å². The van der Waals surface area contributed by atoms with Gasteiger partial charge in [0.05, 0.1) is 5.88 Å². The van der Waals surface area contributed by atoms with Crippen LogP contribution in [-0.2, 0) is 4.74 Å². The highest BCUT2D eigenvalue weighted by atomic mass is 35.5. The van der Waals surface area contributed by atoms with Crippen molar-refractivity contribution >= 4 is 17.7 Å². The normalized spacial score (nSPS) is 8.67. The highest BCUT2D eigenvalue weighted by molar-refractivity contribution is 6.18. The fourth-order valence-corrected chi connectivity index (χ4v) is 0.404. The van der Waals surface area contributed by atoms with Crippen LogP contribution in [0.4, 0.5) is 4.79 Å². The molecule has 0 aromatic carbocycles. The van der Waals surface area contributed by atoms with Crippen molar-refractivity contribution in [3.63, 3.8) is 0 Å². The number of carbonyl (C=O) groups excluding carboxylic acids is 1. The van der Waals surface area contributed by atoms with Gasteiger partial charge >= 0.3 is 6.09 Å². The van der Waals surface area contributed by atoms with Gasteiger partial charge in [-0.05, 0) is 6.92 Å². The predicted octanol–water partition coefficient (Wildman–Crippen LogP) is 0.971. The second kappa shape index (κ2) is 5.69. The minimum atomic E-state index is -0.404. The molecule has 1 amide bonds. The van der Waals surface area contributed by atoms with E-state index in [2.05, 4.69) is 10.1 Å². The van der Waals surface area contributed by atoms with Crippen molar-refractivity contribution in [1.82, 2.24) is 5.32 Å². The fraction of sp³-hybridized carbons (Fsp3) is 0.800. The lowest BCUT2D eigenvalue weighted by Crippen LogP contribution is -2.24. The maximum atomic E-state index is 10.4. The van der Waals surface area contributed by atoms with E-state index in [0.29, 0.717) is 12.4 Å². The van der Waals surface area contributed by atoms with Crippen molar-refractivity contribution in [3.8, 4) is 0 Å². The van der Waals surface area contributed by atoms with Crippen LogP contribution in [0.3, 0.4) is 0 Å². The average Bonchev–Trinajstić information content (AvgIpc) is 1.85. The lowest BCUT2D eigenvalue weighted by atomic mass is 10.7. The van der Waals surface area contributed by atoms with Gasteiger partial charge in [-0.15, -0.1) is 11.6 Å². The maximum Gasteiger partial charge on any atom is 0.407 e. The van der Waals surface area contributed by atoms with E-state index >= 15 is 0 Å². The quantitative estimate of drug-likeness (QED) is 0.611. The van der Waals surface area contributed by atoms with Crippen LogP contribution in [0.25, 0.3) is 0 Å². The topological polar surface area (TPSA) is 38.3 Å². The van der Waals surface area contributed by atoms with Crippen LogP contribution in [0.1, 0.15) is 6.92 Å². The molecule has 0 bridgehead atoms. The third kappa shape index (κ3) is 5.43. The molecule has 0 radical (unpaired) electrons. The molecular weight excluding hydrogens is 142 g/mol. The second-order valence-corrected chi connectivity index (χ2v) is 1.73. The summed E-state index contributed by atoms with van der Waals surface area (Å²) in [6, 6.07) is 0. The van der Waals surface area contributed by atoms with Crippen LogP contribution >= 0.6 is 11.6 Å². The van der Waals surface area contributed by atoms with E-state index < -0.39 is 6.09 Å². The standard InChI is InChI=1S/C5H10ClNO2/c1-2-7-5(8)9-4-3-6/h2-4H2,1H3,(H,7,8). The molecular formula is C5H10ClNO2. The molecule has 0 aromatic heterocycles. The third-order valence-corrected chi connectivity index (χ3v) is 0.786. The van der Waals surface area contributed by atoms with Crippen LogP contribution in [-0.4, -0.2) is 25.1 Å². The van der Waals surface area contributed by atoms with Gasteiger partial charge in [0.15, 0.2) is 0 Å². The summed E-state index contributed by atoms with van der Waals surface area (Å²) in [5.41, 5.74) is 0. The van der Waals surface area contributed by atoms with E-state index in [0.717, 1.165) is 0 Å². The zero-order chi connectivity index (χ0) is 7.11. The monoisotopic (exact) mass is 151 g/mol. The second-order valence-electron chi connectivity index (χ2n) is 1.36. The smallest absolute Gasteiger partial charge is 0.407 e. The lowest BCUT2D eigenvalue weighted by molar-refractivity contribution is 0.153. The van der Waals surface area contributed by atoms with E-state index in [-0.39, 0.29) is 6.61 Å². The molecule has 0 saturated carbocycles. The minimum Gasteiger partial charge on any atom is -0.448 e. The molecule has 0 fully saturated rings. The number of ether oxygens (including phenoxy) is 1. The van der Waals surface area contributed by atoms with Gasteiger partial charge in [0.25, 0.3) is 0 Å². The maximum absolute atomic E-state index is 10.4. The number of alkyl halides is 1. The van der Waals surface area contributed by atoms with Crippen molar-refractivity contribution in [2.24, 2.45) is 0 Å². The van der Waals surface area contributed by atoms with Crippen LogP contribution in [0.2, 0.25) is 0 Å².